The largest absolute Gasteiger partial charge is 0.309 e. The van der Waals surface area contributed by atoms with E-state index in [1.165, 1.54) is 43.5 Å². The minimum Gasteiger partial charge on any atom is -0.309 e. The van der Waals surface area contributed by atoms with Gasteiger partial charge in [0, 0.05) is 49.4 Å². The molecule has 210 valence electrons. The van der Waals surface area contributed by atoms with Gasteiger partial charge in [-0.25, -0.2) is 0 Å². The summed E-state index contributed by atoms with van der Waals surface area (Å²) in [5, 5.41) is 7.19. The van der Waals surface area contributed by atoms with Crippen molar-refractivity contribution >= 4 is 65.4 Å². The van der Waals surface area contributed by atoms with E-state index >= 15 is 0 Å². The number of hydrogen-bond acceptors (Lipinski definition) is 0. The predicted octanol–water partition coefficient (Wildman–Crippen LogP) is 11.0. The monoisotopic (exact) mass is 574 g/mol. The van der Waals surface area contributed by atoms with Crippen LogP contribution in [0.3, 0.4) is 0 Å². The molecule has 3 nitrogen and oxygen atoms in total. The molecule has 7 aromatic carbocycles. The number of rotatable bonds is 3. The Hall–Kier alpha value is -6.06. The fourth-order valence-electron chi connectivity index (χ4n) is 7.56. The highest BCUT2D eigenvalue weighted by Gasteiger charge is 2.20. The van der Waals surface area contributed by atoms with Crippen molar-refractivity contribution < 1.29 is 1.37 Å². The molecule has 45 heavy (non-hydrogen) atoms. The Labute approximate surface area is 260 Å². The fraction of sp³-hybridized carbons (Fsp3) is 0. The van der Waals surface area contributed by atoms with E-state index in [-0.39, 0.29) is 0 Å². The minimum absolute atomic E-state index is 0.509. The topological polar surface area (TPSA) is 14.8 Å². The van der Waals surface area contributed by atoms with Gasteiger partial charge in [-0.15, -0.1) is 0 Å². The average molecular weight is 575 g/mol. The summed E-state index contributed by atoms with van der Waals surface area (Å²) in [5.74, 6) is 0. The molecular weight excluding hydrogens is 546 g/mol. The van der Waals surface area contributed by atoms with E-state index < -0.39 is 0 Å². The van der Waals surface area contributed by atoms with Gasteiger partial charge in [0.05, 0.1) is 34.5 Å². The van der Waals surface area contributed by atoms with Crippen LogP contribution in [0, 0.1) is 0 Å². The molecule has 10 aromatic rings. The van der Waals surface area contributed by atoms with Crippen LogP contribution in [0.1, 0.15) is 1.37 Å². The average Bonchev–Trinajstić information content (AvgIpc) is 3.74. The number of aromatic nitrogens is 3. The molecule has 0 saturated carbocycles. The van der Waals surface area contributed by atoms with Crippen molar-refractivity contribution in [1.29, 1.82) is 0 Å². The summed E-state index contributed by atoms with van der Waals surface area (Å²) in [6, 6.07) is 56.5. The van der Waals surface area contributed by atoms with Gasteiger partial charge in [-0.3, -0.25) is 0 Å². The van der Waals surface area contributed by atoms with Crippen LogP contribution >= 0.6 is 0 Å². The third kappa shape index (κ3) is 3.35. The van der Waals surface area contributed by atoms with E-state index in [1.807, 2.05) is 12.1 Å². The second-order valence-corrected chi connectivity index (χ2v) is 11.7. The van der Waals surface area contributed by atoms with E-state index in [0.29, 0.717) is 6.04 Å². The Morgan fingerprint density at radius 3 is 1.36 bits per heavy atom. The third-order valence-corrected chi connectivity index (χ3v) is 9.35. The SMILES string of the molecule is [2H]c1ccc2c(c1)c1c3c4ccccc4n(-c4ccccc4)c3ccc1n2-c1cccc(-n2c3ccccc3c3ccccc32)c1. The van der Waals surface area contributed by atoms with Crippen LogP contribution in [0.4, 0.5) is 0 Å². The van der Waals surface area contributed by atoms with E-state index in [2.05, 4.69) is 159 Å². The van der Waals surface area contributed by atoms with Gasteiger partial charge in [0.25, 0.3) is 0 Å². The molecule has 3 heterocycles. The van der Waals surface area contributed by atoms with E-state index in [4.69, 9.17) is 1.37 Å². The standard InChI is InChI=1S/C42H27N3/c1-2-13-28(14-3-1)43-37-23-10-6-19-33(37)41-39(43)25-26-40-42(41)34-20-7-11-24-38(34)45(40)30-16-12-15-29(27-30)44-35-21-8-4-17-31(35)32-18-5-9-22-36(32)44/h1-27H/i7D. The third-order valence-electron chi connectivity index (χ3n) is 9.35. The summed E-state index contributed by atoms with van der Waals surface area (Å²) >= 11 is 0. The molecule has 0 N–H and O–H groups in total. The summed E-state index contributed by atoms with van der Waals surface area (Å²) in [6.45, 7) is 0. The van der Waals surface area contributed by atoms with Crippen molar-refractivity contribution in [3.63, 3.8) is 0 Å². The van der Waals surface area contributed by atoms with Crippen molar-refractivity contribution in [3.05, 3.63) is 164 Å². The first-order valence-corrected chi connectivity index (χ1v) is 15.4. The van der Waals surface area contributed by atoms with Crippen molar-refractivity contribution in [2.75, 3.05) is 0 Å². The van der Waals surface area contributed by atoms with Crippen molar-refractivity contribution in [3.8, 4) is 17.1 Å². The summed E-state index contributed by atoms with van der Waals surface area (Å²) in [4.78, 5) is 0. The van der Waals surface area contributed by atoms with Crippen LogP contribution in [0.2, 0.25) is 0 Å². The highest BCUT2D eigenvalue weighted by Crippen LogP contribution is 2.42. The first-order valence-electron chi connectivity index (χ1n) is 15.9. The summed E-state index contributed by atoms with van der Waals surface area (Å²) in [5.41, 5.74) is 10.3. The molecule has 0 spiro atoms. The number of benzene rings is 7. The Kier molecular flexibility index (Phi) is 4.79. The molecule has 0 atom stereocenters. The number of para-hydroxylation sites is 5. The van der Waals surface area contributed by atoms with Gasteiger partial charge < -0.3 is 13.7 Å². The van der Waals surface area contributed by atoms with Crippen LogP contribution in [0.5, 0.6) is 0 Å². The molecule has 3 aromatic heterocycles. The van der Waals surface area contributed by atoms with Gasteiger partial charge in [0.1, 0.15) is 0 Å². The summed E-state index contributed by atoms with van der Waals surface area (Å²) < 4.78 is 15.7. The molecular formula is C42H27N3. The highest BCUT2D eigenvalue weighted by molar-refractivity contribution is 6.28. The second kappa shape index (κ2) is 9.22. The number of hydrogen-bond donors (Lipinski definition) is 0. The summed E-state index contributed by atoms with van der Waals surface area (Å²) in [6.07, 6.45) is 0. The van der Waals surface area contributed by atoms with Crippen LogP contribution in [-0.4, -0.2) is 13.7 Å². The number of fused-ring (bicyclic) bond motifs is 10. The van der Waals surface area contributed by atoms with Crippen molar-refractivity contribution in [1.82, 2.24) is 13.7 Å². The van der Waals surface area contributed by atoms with Crippen molar-refractivity contribution in [2.45, 2.75) is 0 Å². The fourth-order valence-corrected chi connectivity index (χ4v) is 7.56. The van der Waals surface area contributed by atoms with Crippen LogP contribution in [-0.2, 0) is 0 Å². The molecule has 0 saturated heterocycles. The van der Waals surface area contributed by atoms with E-state index in [1.54, 1.807) is 0 Å². The number of nitrogens with zero attached hydrogens (tertiary/aromatic N) is 3. The van der Waals surface area contributed by atoms with Crippen LogP contribution in [0.25, 0.3) is 82.5 Å². The smallest absolute Gasteiger partial charge is 0.0623 e. The summed E-state index contributed by atoms with van der Waals surface area (Å²) in [7, 11) is 0. The van der Waals surface area contributed by atoms with Gasteiger partial charge >= 0.3 is 0 Å². The van der Waals surface area contributed by atoms with Crippen molar-refractivity contribution in [2.24, 2.45) is 0 Å². The van der Waals surface area contributed by atoms with E-state index in [0.717, 1.165) is 39.0 Å². The Bertz CT molecular complexity index is 2760. The molecule has 0 aliphatic rings. The molecule has 10 rings (SSSR count). The lowest BCUT2D eigenvalue weighted by Crippen LogP contribution is -1.98. The van der Waals surface area contributed by atoms with Gasteiger partial charge in [0.15, 0.2) is 0 Å². The zero-order chi connectivity index (χ0) is 30.4. The lowest BCUT2D eigenvalue weighted by atomic mass is 10.1. The highest BCUT2D eigenvalue weighted by atomic mass is 15.0. The lowest BCUT2D eigenvalue weighted by Gasteiger charge is -2.13. The predicted molar refractivity (Wildman–Crippen MR) is 189 cm³/mol. The Balaban J connectivity index is 1.31. The lowest BCUT2D eigenvalue weighted by molar-refractivity contribution is 1.13. The van der Waals surface area contributed by atoms with Crippen LogP contribution < -0.4 is 0 Å². The molecule has 0 radical (unpaired) electrons. The normalized spacial score (nSPS) is 12.3. The van der Waals surface area contributed by atoms with Gasteiger partial charge in [-0.2, -0.15) is 0 Å². The van der Waals surface area contributed by atoms with E-state index in [9.17, 15) is 0 Å². The Morgan fingerprint density at radius 2 is 0.733 bits per heavy atom. The first kappa shape index (κ1) is 23.4. The Morgan fingerprint density at radius 1 is 0.311 bits per heavy atom. The zero-order valence-corrected chi connectivity index (χ0v) is 24.4. The first-order chi connectivity index (χ1) is 22.8. The molecule has 0 bridgehead atoms. The van der Waals surface area contributed by atoms with Gasteiger partial charge in [-0.05, 0) is 66.7 Å². The molecule has 0 amide bonds. The maximum absolute atomic E-state index is 8.64. The molecule has 0 aliphatic carbocycles. The molecule has 3 heteroatoms. The van der Waals surface area contributed by atoms with Crippen LogP contribution in [0.15, 0.2) is 164 Å². The minimum atomic E-state index is 0.509. The molecule has 0 aliphatic heterocycles. The second-order valence-electron chi connectivity index (χ2n) is 11.7. The zero-order valence-electron chi connectivity index (χ0n) is 25.4. The quantitative estimate of drug-likeness (QED) is 0.199. The maximum Gasteiger partial charge on any atom is 0.0623 e. The maximum atomic E-state index is 8.64. The molecule has 0 unspecified atom stereocenters. The van der Waals surface area contributed by atoms with Gasteiger partial charge in [-0.1, -0.05) is 97.0 Å². The molecule has 0 fully saturated rings. The van der Waals surface area contributed by atoms with Gasteiger partial charge in [0.2, 0.25) is 0 Å².